The van der Waals surface area contributed by atoms with Crippen molar-refractivity contribution in [2.24, 2.45) is 0 Å². The second-order valence-corrected chi connectivity index (χ2v) is 3.30. The first-order valence-corrected chi connectivity index (χ1v) is 4.51. The Morgan fingerprint density at radius 2 is 2.38 bits per heavy atom. The number of hydrogen-bond acceptors (Lipinski definition) is 2. The molecule has 13 heavy (non-hydrogen) atoms. The molecule has 0 bridgehead atoms. The molecule has 0 aliphatic carbocycles. The molecule has 0 saturated heterocycles. The topological polar surface area (TPSA) is 29.1 Å². The summed E-state index contributed by atoms with van der Waals surface area (Å²) in [5.41, 5.74) is 1.07. The minimum absolute atomic E-state index is 0.126. The predicted octanol–water partition coefficient (Wildman–Crippen LogP) is 1.67. The van der Waals surface area contributed by atoms with Gasteiger partial charge in [-0.3, -0.25) is 0 Å². The molecule has 1 aromatic rings. The molecule has 2 nitrogen and oxygen atoms in total. The standard InChI is InChI=1S/C10H12ClNO/c1-12-10(7-13)6-8-3-2-4-9(11)5-8/h2-5,7,10,12H,6H2,1H3/t10-/m0/s1. The Labute approximate surface area is 82.9 Å². The number of rotatable bonds is 4. The second-order valence-electron chi connectivity index (χ2n) is 2.87. The van der Waals surface area contributed by atoms with E-state index in [0.29, 0.717) is 11.4 Å². The van der Waals surface area contributed by atoms with Gasteiger partial charge in [0, 0.05) is 5.02 Å². The van der Waals surface area contributed by atoms with E-state index in [1.807, 2.05) is 24.3 Å². The lowest BCUT2D eigenvalue weighted by Crippen LogP contribution is -2.28. The molecular formula is C10H12ClNO. The Bertz CT molecular complexity index is 288. The fourth-order valence-corrected chi connectivity index (χ4v) is 1.35. The number of hydrogen-bond donors (Lipinski definition) is 1. The Morgan fingerprint density at radius 3 is 2.92 bits per heavy atom. The molecule has 3 heteroatoms. The van der Waals surface area contributed by atoms with Gasteiger partial charge in [-0.15, -0.1) is 0 Å². The molecule has 0 spiro atoms. The second kappa shape index (κ2) is 5.00. The summed E-state index contributed by atoms with van der Waals surface area (Å²) in [6.45, 7) is 0. The van der Waals surface area contributed by atoms with Gasteiger partial charge in [0.25, 0.3) is 0 Å². The van der Waals surface area contributed by atoms with Gasteiger partial charge in [-0.2, -0.15) is 0 Å². The van der Waals surface area contributed by atoms with Crippen molar-refractivity contribution in [2.75, 3.05) is 7.05 Å². The largest absolute Gasteiger partial charge is 0.311 e. The molecule has 0 aromatic heterocycles. The number of nitrogens with one attached hydrogen (secondary N) is 1. The third-order valence-electron chi connectivity index (χ3n) is 1.88. The Morgan fingerprint density at radius 1 is 1.62 bits per heavy atom. The number of likely N-dealkylation sites (N-methyl/N-ethyl adjacent to an activating group) is 1. The summed E-state index contributed by atoms with van der Waals surface area (Å²) >= 11 is 5.81. The van der Waals surface area contributed by atoms with Gasteiger partial charge in [-0.05, 0) is 31.2 Å². The van der Waals surface area contributed by atoms with E-state index in [0.717, 1.165) is 11.8 Å². The first-order valence-electron chi connectivity index (χ1n) is 4.13. The lowest BCUT2D eigenvalue weighted by atomic mass is 10.1. The third-order valence-corrected chi connectivity index (χ3v) is 2.11. The number of halogens is 1. The zero-order valence-corrected chi connectivity index (χ0v) is 8.21. The fraction of sp³-hybridized carbons (Fsp3) is 0.300. The van der Waals surface area contributed by atoms with Crippen LogP contribution in [-0.2, 0) is 11.2 Å². The number of benzene rings is 1. The molecule has 1 rings (SSSR count). The Hall–Kier alpha value is -0.860. The molecule has 0 fully saturated rings. The maximum Gasteiger partial charge on any atom is 0.137 e. The molecule has 0 aliphatic heterocycles. The van der Waals surface area contributed by atoms with Crippen LogP contribution in [-0.4, -0.2) is 19.4 Å². The summed E-state index contributed by atoms with van der Waals surface area (Å²) in [5, 5.41) is 3.62. The van der Waals surface area contributed by atoms with Gasteiger partial charge in [0.2, 0.25) is 0 Å². The summed E-state index contributed by atoms with van der Waals surface area (Å²) < 4.78 is 0. The number of carbonyl (C=O) groups is 1. The fourth-order valence-electron chi connectivity index (χ4n) is 1.14. The van der Waals surface area contributed by atoms with Crippen LogP contribution in [0.1, 0.15) is 5.56 Å². The monoisotopic (exact) mass is 197 g/mol. The highest BCUT2D eigenvalue weighted by atomic mass is 35.5. The molecule has 1 atom stereocenters. The van der Waals surface area contributed by atoms with Crippen molar-refractivity contribution < 1.29 is 4.79 Å². The molecule has 1 aromatic carbocycles. The average Bonchev–Trinajstić information content (AvgIpc) is 2.14. The molecule has 1 N–H and O–H groups in total. The minimum Gasteiger partial charge on any atom is -0.311 e. The smallest absolute Gasteiger partial charge is 0.137 e. The molecule has 0 unspecified atom stereocenters. The highest BCUT2D eigenvalue weighted by Gasteiger charge is 2.04. The minimum atomic E-state index is -0.126. The predicted molar refractivity (Wildman–Crippen MR) is 54.1 cm³/mol. The maximum atomic E-state index is 10.5. The van der Waals surface area contributed by atoms with Gasteiger partial charge >= 0.3 is 0 Å². The Kier molecular flexibility index (Phi) is 3.93. The van der Waals surface area contributed by atoms with Crippen LogP contribution in [0.3, 0.4) is 0 Å². The highest BCUT2D eigenvalue weighted by molar-refractivity contribution is 6.30. The normalized spacial score (nSPS) is 12.5. The van der Waals surface area contributed by atoms with Crippen molar-refractivity contribution in [1.82, 2.24) is 5.32 Å². The first kappa shape index (κ1) is 10.2. The van der Waals surface area contributed by atoms with Crippen molar-refractivity contribution in [3.05, 3.63) is 34.9 Å². The Balaban J connectivity index is 2.67. The van der Waals surface area contributed by atoms with E-state index >= 15 is 0 Å². The molecule has 0 aliphatic rings. The zero-order chi connectivity index (χ0) is 9.68. The van der Waals surface area contributed by atoms with Gasteiger partial charge in [0.15, 0.2) is 0 Å². The lowest BCUT2D eigenvalue weighted by molar-refractivity contribution is -0.109. The van der Waals surface area contributed by atoms with Crippen LogP contribution in [0, 0.1) is 0 Å². The summed E-state index contributed by atoms with van der Waals surface area (Å²) in [6, 6.07) is 7.41. The van der Waals surface area contributed by atoms with E-state index in [9.17, 15) is 4.79 Å². The van der Waals surface area contributed by atoms with Gasteiger partial charge in [0.1, 0.15) is 6.29 Å². The molecule has 70 valence electrons. The van der Waals surface area contributed by atoms with Gasteiger partial charge in [-0.1, -0.05) is 23.7 Å². The third kappa shape index (κ3) is 3.17. The van der Waals surface area contributed by atoms with Crippen molar-refractivity contribution in [3.63, 3.8) is 0 Å². The van der Waals surface area contributed by atoms with E-state index in [4.69, 9.17) is 11.6 Å². The lowest BCUT2D eigenvalue weighted by Gasteiger charge is -2.08. The van der Waals surface area contributed by atoms with Crippen LogP contribution in [0.5, 0.6) is 0 Å². The van der Waals surface area contributed by atoms with Crippen LogP contribution in [0.15, 0.2) is 24.3 Å². The summed E-state index contributed by atoms with van der Waals surface area (Å²) in [5.74, 6) is 0. The van der Waals surface area contributed by atoms with Crippen LogP contribution in [0.4, 0.5) is 0 Å². The summed E-state index contributed by atoms with van der Waals surface area (Å²) in [6.07, 6.45) is 1.58. The van der Waals surface area contributed by atoms with Gasteiger partial charge in [0.05, 0.1) is 6.04 Å². The van der Waals surface area contributed by atoms with Crippen LogP contribution >= 0.6 is 11.6 Å². The molecule has 0 amide bonds. The number of aldehydes is 1. The van der Waals surface area contributed by atoms with E-state index in [-0.39, 0.29) is 6.04 Å². The first-order chi connectivity index (χ1) is 6.26. The molecule has 0 heterocycles. The van der Waals surface area contributed by atoms with Crippen LogP contribution < -0.4 is 5.32 Å². The summed E-state index contributed by atoms with van der Waals surface area (Å²) in [7, 11) is 1.77. The van der Waals surface area contributed by atoms with E-state index in [1.165, 1.54) is 0 Å². The highest BCUT2D eigenvalue weighted by Crippen LogP contribution is 2.11. The van der Waals surface area contributed by atoms with Crippen molar-refractivity contribution in [2.45, 2.75) is 12.5 Å². The molecule has 0 radical (unpaired) electrons. The zero-order valence-electron chi connectivity index (χ0n) is 7.46. The summed E-state index contributed by atoms with van der Waals surface area (Å²) in [4.78, 5) is 10.5. The average molecular weight is 198 g/mol. The van der Waals surface area contributed by atoms with E-state index in [2.05, 4.69) is 5.32 Å². The van der Waals surface area contributed by atoms with Crippen LogP contribution in [0.2, 0.25) is 5.02 Å². The van der Waals surface area contributed by atoms with Crippen molar-refractivity contribution in [1.29, 1.82) is 0 Å². The number of carbonyl (C=O) groups excluding carboxylic acids is 1. The molecule has 0 saturated carbocycles. The van der Waals surface area contributed by atoms with Crippen LogP contribution in [0.25, 0.3) is 0 Å². The molecular weight excluding hydrogens is 186 g/mol. The quantitative estimate of drug-likeness (QED) is 0.745. The van der Waals surface area contributed by atoms with E-state index in [1.54, 1.807) is 7.05 Å². The maximum absolute atomic E-state index is 10.5. The van der Waals surface area contributed by atoms with Gasteiger partial charge in [-0.25, -0.2) is 0 Å². The van der Waals surface area contributed by atoms with Crippen molar-refractivity contribution >= 4 is 17.9 Å². The SMILES string of the molecule is CN[C@H](C=O)Cc1cccc(Cl)c1. The van der Waals surface area contributed by atoms with E-state index < -0.39 is 0 Å². The van der Waals surface area contributed by atoms with Crippen molar-refractivity contribution in [3.8, 4) is 0 Å². The van der Waals surface area contributed by atoms with Gasteiger partial charge < -0.3 is 10.1 Å².